The average molecular weight is 447 g/mol. The van der Waals surface area contributed by atoms with Crippen LogP contribution in [0.15, 0.2) is 47.5 Å². The number of aliphatic imine (C=N–C) groups is 1. The van der Waals surface area contributed by atoms with Crippen LogP contribution in [0, 0.1) is 29.1 Å². The molecule has 7 heteroatoms. The van der Waals surface area contributed by atoms with Gasteiger partial charge in [0.2, 0.25) is 5.82 Å². The zero-order valence-electron chi connectivity index (χ0n) is 18.0. The van der Waals surface area contributed by atoms with E-state index < -0.39 is 34.8 Å². The normalized spacial score (nSPS) is 12.2. The molecule has 3 aromatic rings. The molecule has 0 aromatic heterocycles. The van der Waals surface area contributed by atoms with E-state index >= 15 is 0 Å². The van der Waals surface area contributed by atoms with Gasteiger partial charge in [0.1, 0.15) is 11.4 Å². The van der Waals surface area contributed by atoms with Gasteiger partial charge in [-0.05, 0) is 29.0 Å². The number of rotatable bonds is 5. The Hall–Kier alpha value is -3.22. The van der Waals surface area contributed by atoms with Gasteiger partial charge < -0.3 is 5.11 Å². The molecule has 0 spiro atoms. The molecule has 0 atom stereocenters. The lowest BCUT2D eigenvalue weighted by Gasteiger charge is -2.19. The van der Waals surface area contributed by atoms with Crippen LogP contribution in [-0.2, 0) is 0 Å². The largest absolute Gasteiger partial charge is 0.507 e. The van der Waals surface area contributed by atoms with Crippen molar-refractivity contribution in [3.63, 3.8) is 0 Å². The first kappa shape index (κ1) is 23.4. The third kappa shape index (κ3) is 4.24. The van der Waals surface area contributed by atoms with Gasteiger partial charge in [-0.3, -0.25) is 0 Å². The van der Waals surface area contributed by atoms with Gasteiger partial charge in [-0.15, -0.1) is 0 Å². The molecular formula is C25H22F5NO. The van der Waals surface area contributed by atoms with E-state index in [2.05, 4.69) is 4.99 Å². The van der Waals surface area contributed by atoms with Gasteiger partial charge in [0.15, 0.2) is 23.3 Å². The lowest BCUT2D eigenvalue weighted by molar-refractivity contribution is 0.381. The van der Waals surface area contributed by atoms with E-state index in [1.54, 1.807) is 36.4 Å². The van der Waals surface area contributed by atoms with Crippen LogP contribution in [0.3, 0.4) is 0 Å². The number of phenols is 1. The SMILES string of the molecule is CC(C)c1cc(/C(=N\c2c(F)c(F)c(F)c(F)c2F)c2ccccc2)c(O)c(C(C)C)c1. The number of phenolic OH excluding ortho intramolecular Hbond substituents is 1. The predicted octanol–water partition coefficient (Wildman–Crippen LogP) is 7.50. The standard InChI is InChI=1S/C25H22F5NO/c1-12(2)15-10-16(13(3)4)25(32)17(11-15)23(14-8-6-5-7-9-14)31-24-21(29)19(27)18(26)20(28)22(24)30/h5-13,32H,1-4H3/b31-23-. The third-order valence-electron chi connectivity index (χ3n) is 5.16. The summed E-state index contributed by atoms with van der Waals surface area (Å²) in [6.45, 7) is 7.60. The van der Waals surface area contributed by atoms with E-state index in [1.807, 2.05) is 33.8 Å². The van der Waals surface area contributed by atoms with Crippen molar-refractivity contribution in [2.45, 2.75) is 39.5 Å². The van der Waals surface area contributed by atoms with Crippen LogP contribution in [0.1, 0.15) is 61.8 Å². The van der Waals surface area contributed by atoms with Crippen molar-refractivity contribution in [1.29, 1.82) is 0 Å². The maximum absolute atomic E-state index is 14.4. The predicted molar refractivity (Wildman–Crippen MR) is 114 cm³/mol. The molecule has 0 saturated carbocycles. The van der Waals surface area contributed by atoms with Gasteiger partial charge in [0, 0.05) is 11.1 Å². The van der Waals surface area contributed by atoms with E-state index in [-0.39, 0.29) is 28.9 Å². The monoisotopic (exact) mass is 447 g/mol. The quantitative estimate of drug-likeness (QED) is 0.187. The van der Waals surface area contributed by atoms with Crippen LogP contribution in [0.4, 0.5) is 27.6 Å². The molecular weight excluding hydrogens is 425 g/mol. The summed E-state index contributed by atoms with van der Waals surface area (Å²) in [6.07, 6.45) is 0. The van der Waals surface area contributed by atoms with E-state index in [1.165, 1.54) is 0 Å². The summed E-state index contributed by atoms with van der Waals surface area (Å²) in [7, 11) is 0. The van der Waals surface area contributed by atoms with E-state index in [9.17, 15) is 27.1 Å². The molecule has 0 amide bonds. The first-order valence-electron chi connectivity index (χ1n) is 10.1. The summed E-state index contributed by atoms with van der Waals surface area (Å²) in [6, 6.07) is 11.6. The van der Waals surface area contributed by atoms with Crippen molar-refractivity contribution < 1.29 is 27.1 Å². The Morgan fingerprint density at radius 3 is 1.78 bits per heavy atom. The van der Waals surface area contributed by atoms with Crippen LogP contribution >= 0.6 is 0 Å². The van der Waals surface area contributed by atoms with Crippen molar-refractivity contribution in [3.8, 4) is 5.75 Å². The number of nitrogens with zero attached hydrogens (tertiary/aromatic N) is 1. The summed E-state index contributed by atoms with van der Waals surface area (Å²) in [5, 5.41) is 11.0. The van der Waals surface area contributed by atoms with Crippen molar-refractivity contribution in [3.05, 3.63) is 93.8 Å². The molecule has 168 valence electrons. The molecule has 1 N–H and O–H groups in total. The summed E-state index contributed by atoms with van der Waals surface area (Å²) >= 11 is 0. The number of hydrogen-bond donors (Lipinski definition) is 1. The molecule has 3 rings (SSSR count). The Kier molecular flexibility index (Phi) is 6.67. The minimum absolute atomic E-state index is 0.0399. The van der Waals surface area contributed by atoms with E-state index in [4.69, 9.17) is 0 Å². The molecule has 0 aliphatic carbocycles. The lowest BCUT2D eigenvalue weighted by atomic mass is 9.89. The second-order valence-corrected chi connectivity index (χ2v) is 8.06. The first-order valence-corrected chi connectivity index (χ1v) is 10.1. The molecule has 2 nitrogen and oxygen atoms in total. The van der Waals surface area contributed by atoms with Gasteiger partial charge >= 0.3 is 0 Å². The maximum atomic E-state index is 14.4. The van der Waals surface area contributed by atoms with Crippen molar-refractivity contribution in [2.24, 2.45) is 4.99 Å². The smallest absolute Gasteiger partial charge is 0.200 e. The summed E-state index contributed by atoms with van der Waals surface area (Å²) in [5.74, 6) is -10.7. The summed E-state index contributed by atoms with van der Waals surface area (Å²) in [5.41, 5.74) is 0.434. The Bertz CT molecular complexity index is 1160. The van der Waals surface area contributed by atoms with Crippen LogP contribution < -0.4 is 0 Å². The molecule has 0 bridgehead atoms. The van der Waals surface area contributed by atoms with Gasteiger partial charge in [-0.1, -0.05) is 64.1 Å². The number of aromatic hydroxyl groups is 1. The summed E-state index contributed by atoms with van der Waals surface area (Å²) in [4.78, 5) is 3.88. The molecule has 0 unspecified atom stereocenters. The zero-order chi connectivity index (χ0) is 23.7. The number of hydrogen-bond acceptors (Lipinski definition) is 2. The zero-order valence-corrected chi connectivity index (χ0v) is 18.0. The second kappa shape index (κ2) is 9.10. The fourth-order valence-corrected chi connectivity index (χ4v) is 3.31. The van der Waals surface area contributed by atoms with Gasteiger partial charge in [-0.2, -0.15) is 0 Å². The Morgan fingerprint density at radius 2 is 1.28 bits per heavy atom. The molecule has 0 radical (unpaired) electrons. The van der Waals surface area contributed by atoms with Crippen LogP contribution in [0.2, 0.25) is 0 Å². The highest BCUT2D eigenvalue weighted by molar-refractivity contribution is 6.15. The Labute approximate surface area is 183 Å². The van der Waals surface area contributed by atoms with Gasteiger partial charge in [-0.25, -0.2) is 26.9 Å². The van der Waals surface area contributed by atoms with Crippen molar-refractivity contribution in [1.82, 2.24) is 0 Å². The fourth-order valence-electron chi connectivity index (χ4n) is 3.31. The van der Waals surface area contributed by atoms with Crippen molar-refractivity contribution >= 4 is 11.4 Å². The maximum Gasteiger partial charge on any atom is 0.200 e. The van der Waals surface area contributed by atoms with E-state index in [0.29, 0.717) is 11.1 Å². The van der Waals surface area contributed by atoms with Crippen LogP contribution in [0.5, 0.6) is 5.75 Å². The molecule has 0 saturated heterocycles. The van der Waals surface area contributed by atoms with E-state index in [0.717, 1.165) is 5.56 Å². The second-order valence-electron chi connectivity index (χ2n) is 8.06. The third-order valence-corrected chi connectivity index (χ3v) is 5.16. The highest BCUT2D eigenvalue weighted by atomic mass is 19.2. The van der Waals surface area contributed by atoms with Gasteiger partial charge in [0.05, 0.1) is 5.71 Å². The highest BCUT2D eigenvalue weighted by Crippen LogP contribution is 2.37. The molecule has 0 heterocycles. The van der Waals surface area contributed by atoms with Crippen molar-refractivity contribution in [2.75, 3.05) is 0 Å². The molecule has 0 aliphatic rings. The van der Waals surface area contributed by atoms with Crippen LogP contribution in [-0.4, -0.2) is 10.8 Å². The minimum atomic E-state index is -2.26. The first-order chi connectivity index (χ1) is 15.0. The average Bonchev–Trinajstić information content (AvgIpc) is 2.77. The fraction of sp³-hybridized carbons (Fsp3) is 0.240. The molecule has 0 aliphatic heterocycles. The van der Waals surface area contributed by atoms with Gasteiger partial charge in [0.25, 0.3) is 0 Å². The Balaban J connectivity index is 2.43. The minimum Gasteiger partial charge on any atom is -0.507 e. The summed E-state index contributed by atoms with van der Waals surface area (Å²) < 4.78 is 69.9. The number of halogens is 5. The molecule has 3 aromatic carbocycles. The molecule has 32 heavy (non-hydrogen) atoms. The Morgan fingerprint density at radius 1 is 0.750 bits per heavy atom. The lowest BCUT2D eigenvalue weighted by Crippen LogP contribution is -2.09. The molecule has 0 fully saturated rings. The highest BCUT2D eigenvalue weighted by Gasteiger charge is 2.27. The topological polar surface area (TPSA) is 32.6 Å². The number of benzene rings is 3. The van der Waals surface area contributed by atoms with Crippen LogP contribution in [0.25, 0.3) is 0 Å².